The number of benzene rings is 3. The molecule has 1 fully saturated rings. The Morgan fingerprint density at radius 1 is 0.767 bits per heavy atom. The highest BCUT2D eigenvalue weighted by Gasteiger charge is 2.32. The molecule has 3 aromatic rings. The highest BCUT2D eigenvalue weighted by Crippen LogP contribution is 2.47. The maximum atomic E-state index is 2.56. The lowest BCUT2D eigenvalue weighted by atomic mass is 9.72. The van der Waals surface area contributed by atoms with Crippen molar-refractivity contribution in [1.82, 2.24) is 0 Å². The molecule has 0 amide bonds. The predicted molar refractivity (Wildman–Crippen MR) is 131 cm³/mol. The molecule has 0 radical (unpaired) electrons. The molecule has 3 aromatic carbocycles. The van der Waals surface area contributed by atoms with Gasteiger partial charge < -0.3 is 0 Å². The summed E-state index contributed by atoms with van der Waals surface area (Å²) in [4.78, 5) is 0. The second kappa shape index (κ2) is 8.42. The van der Waals surface area contributed by atoms with E-state index in [0.717, 1.165) is 6.42 Å². The van der Waals surface area contributed by atoms with Gasteiger partial charge in [0.1, 0.15) is 0 Å². The summed E-state index contributed by atoms with van der Waals surface area (Å²) >= 11 is 0. The maximum absolute atomic E-state index is 2.56. The molecule has 2 aliphatic carbocycles. The van der Waals surface area contributed by atoms with Crippen LogP contribution in [0, 0.1) is 5.41 Å². The van der Waals surface area contributed by atoms with Crippen molar-refractivity contribution in [1.29, 1.82) is 0 Å². The van der Waals surface area contributed by atoms with E-state index in [1.165, 1.54) is 90.8 Å². The van der Waals surface area contributed by atoms with Crippen LogP contribution in [-0.4, -0.2) is 0 Å². The van der Waals surface area contributed by atoms with Crippen LogP contribution in [-0.2, 0) is 6.42 Å². The quantitative estimate of drug-likeness (QED) is 0.379. The molecule has 30 heavy (non-hydrogen) atoms. The van der Waals surface area contributed by atoms with Gasteiger partial charge in [-0.05, 0) is 70.5 Å². The lowest BCUT2D eigenvalue weighted by Gasteiger charge is -2.33. The van der Waals surface area contributed by atoms with E-state index in [2.05, 4.69) is 73.7 Å². The van der Waals surface area contributed by atoms with E-state index in [-0.39, 0.29) is 0 Å². The van der Waals surface area contributed by atoms with Crippen LogP contribution in [0.4, 0.5) is 0 Å². The molecular weight excluding hydrogens is 360 g/mol. The zero-order chi connectivity index (χ0) is 20.4. The molecule has 0 unspecified atom stereocenters. The smallest absolute Gasteiger partial charge is 0.00574 e. The third kappa shape index (κ3) is 3.73. The average molecular weight is 395 g/mol. The molecule has 0 aliphatic heterocycles. The average Bonchev–Trinajstić information content (AvgIpc) is 3.04. The molecule has 2 aliphatic rings. The lowest BCUT2D eigenvalue weighted by Crippen LogP contribution is -2.20. The third-order valence-corrected chi connectivity index (χ3v) is 7.59. The Labute approximate surface area is 182 Å². The monoisotopic (exact) mass is 394 g/mol. The van der Waals surface area contributed by atoms with Crippen LogP contribution in [0.2, 0.25) is 0 Å². The predicted octanol–water partition coefficient (Wildman–Crippen LogP) is 8.98. The Morgan fingerprint density at radius 3 is 2.33 bits per heavy atom. The molecule has 0 heteroatoms. The van der Waals surface area contributed by atoms with E-state index < -0.39 is 0 Å². The minimum Gasteiger partial charge on any atom is -0.0654 e. The van der Waals surface area contributed by atoms with Gasteiger partial charge in [-0.2, -0.15) is 0 Å². The van der Waals surface area contributed by atoms with Gasteiger partial charge in [-0.15, -0.1) is 0 Å². The number of rotatable bonds is 5. The van der Waals surface area contributed by atoms with Crippen LogP contribution in [0.25, 0.3) is 28.0 Å². The number of allylic oxidation sites excluding steroid dienone is 1. The van der Waals surface area contributed by atoms with Crippen LogP contribution >= 0.6 is 0 Å². The largest absolute Gasteiger partial charge is 0.0654 e. The van der Waals surface area contributed by atoms with Crippen molar-refractivity contribution in [2.75, 3.05) is 0 Å². The van der Waals surface area contributed by atoms with E-state index in [9.17, 15) is 0 Å². The van der Waals surface area contributed by atoms with Crippen LogP contribution in [0.3, 0.4) is 0 Å². The molecule has 0 bridgehead atoms. The number of fused-ring (bicyclic) bond motifs is 2. The van der Waals surface area contributed by atoms with Gasteiger partial charge in [-0.25, -0.2) is 0 Å². The molecule has 0 N–H and O–H groups in total. The highest BCUT2D eigenvalue weighted by atomic mass is 14.4. The molecule has 0 heterocycles. The van der Waals surface area contributed by atoms with Crippen molar-refractivity contribution >= 4 is 16.8 Å². The standard InChI is InChI=1S/C30H34/c1-2-17-30(18-7-3-4-8-19-30)22-23-20-25-13-10-16-28(29(25)21-23)27-15-9-12-24-11-5-6-14-26(24)27/h5-6,9-16,21H,2-4,7-8,17-20,22H2,1H3. The first-order valence-corrected chi connectivity index (χ1v) is 12.1. The second-order valence-corrected chi connectivity index (χ2v) is 9.73. The number of hydrogen-bond acceptors (Lipinski definition) is 0. The molecule has 154 valence electrons. The minimum atomic E-state index is 0.554. The molecular formula is C30H34. The Hall–Kier alpha value is -2.34. The Kier molecular flexibility index (Phi) is 5.50. The van der Waals surface area contributed by atoms with Gasteiger partial charge in [0.2, 0.25) is 0 Å². The summed E-state index contributed by atoms with van der Waals surface area (Å²) in [5, 5.41) is 2.69. The SMILES string of the molecule is CCCC1(CC2=Cc3c(cccc3-c3cccc4ccccc34)C2)CCCCCC1. The fourth-order valence-electron chi connectivity index (χ4n) is 6.25. The highest BCUT2D eigenvalue weighted by molar-refractivity contribution is 5.99. The van der Waals surface area contributed by atoms with E-state index in [1.54, 1.807) is 5.57 Å². The van der Waals surface area contributed by atoms with Gasteiger partial charge >= 0.3 is 0 Å². The summed E-state index contributed by atoms with van der Waals surface area (Å²) in [6.07, 6.45) is 16.4. The molecule has 0 nitrogen and oxygen atoms in total. The zero-order valence-corrected chi connectivity index (χ0v) is 18.4. The molecule has 0 spiro atoms. The van der Waals surface area contributed by atoms with Crippen LogP contribution in [0.15, 0.2) is 66.2 Å². The van der Waals surface area contributed by atoms with E-state index in [1.807, 2.05) is 0 Å². The van der Waals surface area contributed by atoms with E-state index in [0.29, 0.717) is 5.41 Å². The normalized spacial score (nSPS) is 18.1. The first-order valence-electron chi connectivity index (χ1n) is 12.1. The van der Waals surface area contributed by atoms with Gasteiger partial charge in [-0.1, -0.05) is 111 Å². The van der Waals surface area contributed by atoms with Gasteiger partial charge in [-0.3, -0.25) is 0 Å². The molecule has 1 saturated carbocycles. The fraction of sp³-hybridized carbons (Fsp3) is 0.400. The molecule has 0 atom stereocenters. The van der Waals surface area contributed by atoms with Crippen molar-refractivity contribution in [3.8, 4) is 11.1 Å². The first-order chi connectivity index (χ1) is 14.8. The van der Waals surface area contributed by atoms with Gasteiger partial charge in [0.05, 0.1) is 0 Å². The van der Waals surface area contributed by atoms with E-state index >= 15 is 0 Å². The van der Waals surface area contributed by atoms with Crippen LogP contribution < -0.4 is 0 Å². The summed E-state index contributed by atoms with van der Waals surface area (Å²) in [7, 11) is 0. The lowest BCUT2D eigenvalue weighted by molar-refractivity contribution is 0.217. The molecule has 0 saturated heterocycles. The summed E-state index contributed by atoms with van der Waals surface area (Å²) in [6, 6.07) is 22.5. The van der Waals surface area contributed by atoms with Crippen molar-refractivity contribution in [3.63, 3.8) is 0 Å². The Balaban J connectivity index is 1.51. The van der Waals surface area contributed by atoms with Crippen molar-refractivity contribution in [2.45, 2.75) is 71.1 Å². The summed E-state index contributed by atoms with van der Waals surface area (Å²) < 4.78 is 0. The summed E-state index contributed by atoms with van der Waals surface area (Å²) in [5.74, 6) is 0. The van der Waals surface area contributed by atoms with Crippen LogP contribution in [0.5, 0.6) is 0 Å². The first kappa shape index (κ1) is 19.6. The minimum absolute atomic E-state index is 0.554. The second-order valence-electron chi connectivity index (χ2n) is 9.73. The Morgan fingerprint density at radius 2 is 1.50 bits per heavy atom. The van der Waals surface area contributed by atoms with Crippen molar-refractivity contribution in [2.24, 2.45) is 5.41 Å². The maximum Gasteiger partial charge on any atom is -0.00574 e. The van der Waals surface area contributed by atoms with Gasteiger partial charge in [0.15, 0.2) is 0 Å². The third-order valence-electron chi connectivity index (χ3n) is 7.59. The van der Waals surface area contributed by atoms with Gasteiger partial charge in [0.25, 0.3) is 0 Å². The van der Waals surface area contributed by atoms with E-state index in [4.69, 9.17) is 0 Å². The topological polar surface area (TPSA) is 0 Å². The fourth-order valence-corrected chi connectivity index (χ4v) is 6.25. The molecule has 0 aromatic heterocycles. The zero-order valence-electron chi connectivity index (χ0n) is 18.4. The van der Waals surface area contributed by atoms with Crippen molar-refractivity contribution in [3.05, 3.63) is 77.4 Å². The van der Waals surface area contributed by atoms with Crippen LogP contribution in [0.1, 0.15) is 75.8 Å². The summed E-state index contributed by atoms with van der Waals surface area (Å²) in [5.41, 5.74) is 8.01. The number of hydrogen-bond donors (Lipinski definition) is 0. The van der Waals surface area contributed by atoms with Gasteiger partial charge in [0, 0.05) is 0 Å². The molecule has 5 rings (SSSR count). The summed E-state index contributed by atoms with van der Waals surface area (Å²) in [6.45, 7) is 2.38. The Bertz CT molecular complexity index is 1060. The van der Waals surface area contributed by atoms with Crippen molar-refractivity contribution < 1.29 is 0 Å².